The number of hydroxylamine groups is 2. The summed E-state index contributed by atoms with van der Waals surface area (Å²) in [4.78, 5) is 49.9. The lowest BCUT2D eigenvalue weighted by Gasteiger charge is -2.50. The van der Waals surface area contributed by atoms with Crippen LogP contribution in [0.1, 0.15) is 43.6 Å². The van der Waals surface area contributed by atoms with Crippen LogP contribution in [0.15, 0.2) is 41.0 Å². The van der Waals surface area contributed by atoms with Gasteiger partial charge in [-0.15, -0.1) is 20.3 Å². The predicted octanol–water partition coefficient (Wildman–Crippen LogP) is 0.129. The highest BCUT2D eigenvalue weighted by atomic mass is 32.3. The summed E-state index contributed by atoms with van der Waals surface area (Å²) >= 11 is 0.997. The molecule has 3 aliphatic heterocycles. The number of hydrogen-bond acceptors (Lipinski definition) is 15. The van der Waals surface area contributed by atoms with Gasteiger partial charge in [0.1, 0.15) is 23.7 Å². The van der Waals surface area contributed by atoms with Crippen molar-refractivity contribution in [3.63, 3.8) is 0 Å². The van der Waals surface area contributed by atoms with Gasteiger partial charge in [0.2, 0.25) is 0 Å². The van der Waals surface area contributed by atoms with Crippen LogP contribution in [-0.4, -0.2) is 101 Å². The number of carboxylic acid groups (broad SMARTS) is 1. The second-order valence-corrected chi connectivity index (χ2v) is 15.8. The Labute approximate surface area is 315 Å². The molecule has 292 valence electrons. The fraction of sp³-hybridized carbons (Fsp3) is 0.515. The van der Waals surface area contributed by atoms with Crippen molar-refractivity contribution in [3.05, 3.63) is 52.8 Å². The molecule has 5 heterocycles. The maximum absolute atomic E-state index is 13.4. The topological polar surface area (TPSA) is 258 Å². The number of Topliss-reactive ketones (excluding diaryl/α,β-unsaturated/α-hetero) is 1. The largest absolute Gasteiger partial charge is 0.489 e. The molecule has 7 N–H and O–H groups in total. The Morgan fingerprint density at radius 3 is 2.57 bits per heavy atom. The first-order chi connectivity index (χ1) is 25.6. The van der Waals surface area contributed by atoms with Crippen LogP contribution >= 0.6 is 11.3 Å². The monoisotopic (exact) mass is 790 g/mol. The summed E-state index contributed by atoms with van der Waals surface area (Å²) in [6.07, 6.45) is 1.93. The first kappa shape index (κ1) is 39.0. The van der Waals surface area contributed by atoms with Crippen LogP contribution in [0.25, 0.3) is 0 Å². The summed E-state index contributed by atoms with van der Waals surface area (Å²) in [6, 6.07) is 7.30. The summed E-state index contributed by atoms with van der Waals surface area (Å²) < 4.78 is 46.2. The van der Waals surface area contributed by atoms with Crippen LogP contribution in [-0.2, 0) is 60.0 Å². The number of anilines is 2. The molecule has 3 aromatic rings. The van der Waals surface area contributed by atoms with Gasteiger partial charge in [0.15, 0.2) is 29.4 Å². The first-order valence-electron chi connectivity index (χ1n) is 17.4. The minimum Gasteiger partial charge on any atom is -0.489 e. The summed E-state index contributed by atoms with van der Waals surface area (Å²) in [5.41, 5.74) is 13.5. The second-order valence-electron chi connectivity index (χ2n) is 13.9. The molecule has 0 aliphatic carbocycles. The van der Waals surface area contributed by atoms with E-state index in [2.05, 4.69) is 40.2 Å². The molecular formula is C33H44N9O10S2+. The van der Waals surface area contributed by atoms with Crippen molar-refractivity contribution in [2.75, 3.05) is 43.4 Å². The van der Waals surface area contributed by atoms with Gasteiger partial charge >= 0.3 is 16.4 Å². The Kier molecular flexibility index (Phi) is 11.5. The van der Waals surface area contributed by atoms with Gasteiger partial charge in [-0.25, -0.2) is 9.78 Å². The zero-order valence-electron chi connectivity index (χ0n) is 29.8. The SMILES string of the molecule is CC1(C)[C@H](CC(=O)/C(=N\O[C@@H](COc2ccc(N3CCc4c[n+](CC5CNC5)n(CCCN)c4C3)cc2)C(=O)O)c2csc(N)n2)C(=O)N1OS(=O)(=O)O. The number of nitrogens with one attached hydrogen (secondary N) is 1. The van der Waals surface area contributed by atoms with Crippen LogP contribution in [0.4, 0.5) is 10.8 Å². The molecule has 3 aliphatic rings. The first-order valence-corrected chi connectivity index (χ1v) is 19.6. The third-order valence-corrected chi connectivity index (χ3v) is 10.8. The summed E-state index contributed by atoms with van der Waals surface area (Å²) in [6.45, 7) is 8.46. The third-order valence-electron chi connectivity index (χ3n) is 9.79. The number of aliphatic carboxylic acids is 1. The molecule has 0 bridgehead atoms. The van der Waals surface area contributed by atoms with E-state index in [9.17, 15) is 27.9 Å². The van der Waals surface area contributed by atoms with Gasteiger partial charge < -0.3 is 36.4 Å². The van der Waals surface area contributed by atoms with Crippen molar-refractivity contribution in [2.24, 2.45) is 22.7 Å². The molecule has 0 saturated carbocycles. The van der Waals surface area contributed by atoms with E-state index < -0.39 is 64.4 Å². The Balaban J connectivity index is 1.10. The lowest BCUT2D eigenvalue weighted by atomic mass is 9.74. The smallest absolute Gasteiger partial charge is 0.418 e. The Morgan fingerprint density at radius 2 is 1.98 bits per heavy atom. The van der Waals surface area contributed by atoms with E-state index in [-0.39, 0.29) is 10.8 Å². The highest BCUT2D eigenvalue weighted by Crippen LogP contribution is 2.40. The molecular weight excluding hydrogens is 747 g/mol. The number of carbonyl (C=O) groups excluding carboxylic acids is 2. The summed E-state index contributed by atoms with van der Waals surface area (Å²) in [5.74, 6) is -3.12. The average Bonchev–Trinajstić information content (AvgIpc) is 3.69. The molecule has 0 spiro atoms. The molecule has 0 radical (unpaired) electrons. The number of hydrogen-bond donors (Lipinski definition) is 5. The van der Waals surface area contributed by atoms with Gasteiger partial charge in [-0.3, -0.25) is 14.1 Å². The quantitative estimate of drug-likeness (QED) is 0.0377. The number of amides is 1. The average molecular weight is 791 g/mol. The van der Waals surface area contributed by atoms with Gasteiger partial charge in [-0.2, -0.15) is 18.2 Å². The standard InChI is InChI=1S/C33H43N9O10S2/c1-33(2)24(30(44)42(33)52-54(47,48)49)12-27(43)29(25-19-53-32(35)37-25)38-51-28(31(45)46)18-50-23-6-4-22(5-7-23)39-11-8-21-16-40(15-20-13-36-14-20)41(10-3-9-34)26(21)17-39/h4-7,16,19-20,24,28,36H,3,8-15,17-18,34H2,1-2H3,(H3-,35,37,45,46,47,48,49)/p+1/b38-29-/t24-,28+/m1/s1. The number of nitrogen functional groups attached to an aromatic ring is 1. The van der Waals surface area contributed by atoms with Crippen LogP contribution in [0, 0.1) is 11.8 Å². The van der Waals surface area contributed by atoms with Gasteiger partial charge in [-0.05, 0) is 57.5 Å². The minimum absolute atomic E-state index is 0.0132. The number of aromatic nitrogens is 3. The van der Waals surface area contributed by atoms with E-state index in [0.717, 1.165) is 69.1 Å². The van der Waals surface area contributed by atoms with Gasteiger partial charge in [-0.1, -0.05) is 5.16 Å². The Morgan fingerprint density at radius 1 is 1.24 bits per heavy atom. The van der Waals surface area contributed by atoms with Crippen LogP contribution in [0.2, 0.25) is 0 Å². The molecule has 54 heavy (non-hydrogen) atoms. The molecule has 2 atom stereocenters. The maximum atomic E-state index is 13.4. The number of β-lactam (4-membered cyclic amide) rings is 1. The van der Waals surface area contributed by atoms with Crippen molar-refractivity contribution < 1.29 is 51.0 Å². The minimum atomic E-state index is -4.99. The van der Waals surface area contributed by atoms with E-state index in [1.165, 1.54) is 30.5 Å². The summed E-state index contributed by atoms with van der Waals surface area (Å²) in [5, 5.41) is 19.0. The van der Waals surface area contributed by atoms with Crippen molar-refractivity contribution in [1.82, 2.24) is 20.0 Å². The van der Waals surface area contributed by atoms with Crippen molar-refractivity contribution >= 4 is 55.9 Å². The Hall–Kier alpha value is -4.67. The van der Waals surface area contributed by atoms with Crippen LogP contribution in [0.5, 0.6) is 5.75 Å². The van der Waals surface area contributed by atoms with Crippen molar-refractivity contribution in [2.45, 2.75) is 64.4 Å². The molecule has 21 heteroatoms. The van der Waals surface area contributed by atoms with E-state index in [0.29, 0.717) is 23.3 Å². The highest BCUT2D eigenvalue weighted by Gasteiger charge is 2.57. The van der Waals surface area contributed by atoms with Gasteiger partial charge in [0, 0.05) is 48.6 Å². The van der Waals surface area contributed by atoms with E-state index in [4.69, 9.17) is 25.6 Å². The number of carboxylic acids is 1. The number of ether oxygens (including phenoxy) is 1. The third kappa shape index (κ3) is 8.66. The molecule has 19 nitrogen and oxygen atoms in total. The molecule has 2 fully saturated rings. The fourth-order valence-corrected chi connectivity index (χ4v) is 7.65. The zero-order chi connectivity index (χ0) is 38.8. The number of fused-ring (bicyclic) bond motifs is 1. The number of ketones is 1. The van der Waals surface area contributed by atoms with E-state index in [1.807, 2.05) is 12.1 Å². The normalized spacial score (nSPS) is 19.1. The van der Waals surface area contributed by atoms with Crippen LogP contribution in [0.3, 0.4) is 0 Å². The fourth-order valence-electron chi connectivity index (χ4n) is 6.64. The van der Waals surface area contributed by atoms with E-state index in [1.54, 1.807) is 12.1 Å². The molecule has 2 saturated heterocycles. The number of carbonyl (C=O) groups is 3. The molecule has 0 unspecified atom stereocenters. The number of oxime groups is 1. The number of benzene rings is 1. The molecule has 2 aromatic heterocycles. The Bertz CT molecular complexity index is 2010. The van der Waals surface area contributed by atoms with Crippen molar-refractivity contribution in [1.29, 1.82) is 0 Å². The maximum Gasteiger partial charge on any atom is 0.418 e. The highest BCUT2D eigenvalue weighted by molar-refractivity contribution is 7.80. The molecule has 1 aromatic carbocycles. The summed E-state index contributed by atoms with van der Waals surface area (Å²) in [7, 11) is -4.99. The number of thiazole rings is 1. The number of nitrogens with two attached hydrogens (primary N) is 2. The number of rotatable bonds is 18. The second kappa shape index (κ2) is 16.0. The van der Waals surface area contributed by atoms with Gasteiger partial charge in [0.25, 0.3) is 12.0 Å². The predicted molar refractivity (Wildman–Crippen MR) is 194 cm³/mol. The van der Waals surface area contributed by atoms with E-state index >= 15 is 0 Å². The molecule has 6 rings (SSSR count). The molecule has 1 amide bonds. The zero-order valence-corrected chi connectivity index (χ0v) is 31.4. The van der Waals surface area contributed by atoms with Crippen LogP contribution < -0.4 is 31.1 Å². The number of nitrogens with zero attached hydrogens (tertiary/aromatic N) is 6. The lowest BCUT2D eigenvalue weighted by molar-refractivity contribution is -0.781. The lowest BCUT2D eigenvalue weighted by Crippen LogP contribution is -2.68. The van der Waals surface area contributed by atoms with Crippen molar-refractivity contribution in [3.8, 4) is 5.75 Å². The van der Waals surface area contributed by atoms with Gasteiger partial charge in [0.05, 0.1) is 24.5 Å².